The normalized spacial score (nSPS) is 11.3. The summed E-state index contributed by atoms with van der Waals surface area (Å²) in [5.41, 5.74) is 9.10. The number of nitro groups is 1. The summed E-state index contributed by atoms with van der Waals surface area (Å²) in [4.78, 5) is 12.9. The summed E-state index contributed by atoms with van der Waals surface area (Å²) in [7, 11) is 0. The first-order chi connectivity index (χ1) is 7.74. The van der Waals surface area contributed by atoms with Crippen molar-refractivity contribution < 1.29 is 22.8 Å². The number of nitrogens with two attached hydrogens (primary N) is 2. The monoisotopic (exact) mass is 252 g/mol. The highest BCUT2D eigenvalue weighted by atomic mass is 19.4. The lowest BCUT2D eigenvalue weighted by Gasteiger charge is -2.10. The highest BCUT2D eigenvalue weighted by molar-refractivity contribution is 5.62. The highest BCUT2D eigenvalue weighted by Gasteiger charge is 2.33. The minimum atomic E-state index is -5.00. The first kappa shape index (κ1) is 13.0. The van der Waals surface area contributed by atoms with E-state index in [9.17, 15) is 23.3 Å². The summed E-state index contributed by atoms with van der Waals surface area (Å²) in [6.45, 7) is -0.346. The van der Waals surface area contributed by atoms with E-state index in [1.807, 2.05) is 0 Å². The minimum absolute atomic E-state index is 0.238. The summed E-state index contributed by atoms with van der Waals surface area (Å²) in [5.74, 6) is -0.973. The second kappa shape index (κ2) is 4.41. The van der Waals surface area contributed by atoms with Gasteiger partial charge in [0.05, 0.1) is 16.7 Å². The Morgan fingerprint density at radius 2 is 2.12 bits per heavy atom. The molecule has 0 saturated carbocycles. The SMILES string of the molecule is NCc1nc(OC(F)(F)F)cc([N+](=O)[O-])c1N. The fourth-order valence-electron chi connectivity index (χ4n) is 1.05. The number of hydrogen-bond acceptors (Lipinski definition) is 6. The predicted octanol–water partition coefficient (Wildman–Crippen LogP) is 0.929. The van der Waals surface area contributed by atoms with Gasteiger partial charge in [-0.1, -0.05) is 0 Å². The molecule has 4 N–H and O–H groups in total. The van der Waals surface area contributed by atoms with Gasteiger partial charge in [-0.05, 0) is 0 Å². The molecule has 1 heterocycles. The molecule has 10 heteroatoms. The summed E-state index contributed by atoms with van der Waals surface area (Å²) in [6, 6.07) is 0.488. The Hall–Kier alpha value is -2.10. The number of anilines is 1. The van der Waals surface area contributed by atoms with Crippen LogP contribution in [0.2, 0.25) is 0 Å². The van der Waals surface area contributed by atoms with Crippen molar-refractivity contribution in [1.29, 1.82) is 0 Å². The summed E-state index contributed by atoms with van der Waals surface area (Å²) in [5, 5.41) is 10.5. The number of pyridine rings is 1. The molecule has 0 fully saturated rings. The molecule has 17 heavy (non-hydrogen) atoms. The topological polar surface area (TPSA) is 117 Å². The second-order valence-corrected chi connectivity index (χ2v) is 2.85. The number of nitrogen functional groups attached to an aromatic ring is 1. The molecule has 0 amide bonds. The van der Waals surface area contributed by atoms with Crippen molar-refractivity contribution in [2.45, 2.75) is 12.9 Å². The Morgan fingerprint density at radius 1 is 1.53 bits per heavy atom. The summed E-state index contributed by atoms with van der Waals surface area (Å²) >= 11 is 0. The van der Waals surface area contributed by atoms with Crippen molar-refractivity contribution >= 4 is 11.4 Å². The molecule has 94 valence electrons. The predicted molar refractivity (Wildman–Crippen MR) is 49.9 cm³/mol. The van der Waals surface area contributed by atoms with Crippen LogP contribution >= 0.6 is 0 Å². The molecular weight excluding hydrogens is 245 g/mol. The largest absolute Gasteiger partial charge is 0.574 e. The Labute approximate surface area is 92.3 Å². The van der Waals surface area contributed by atoms with E-state index in [0.717, 1.165) is 0 Å². The van der Waals surface area contributed by atoms with E-state index < -0.39 is 22.9 Å². The highest BCUT2D eigenvalue weighted by Crippen LogP contribution is 2.30. The molecule has 0 spiro atoms. The Kier molecular flexibility index (Phi) is 3.36. The van der Waals surface area contributed by atoms with Crippen LogP contribution < -0.4 is 16.2 Å². The molecule has 0 aliphatic carbocycles. The first-order valence-corrected chi connectivity index (χ1v) is 4.14. The molecule has 0 aliphatic rings. The van der Waals surface area contributed by atoms with Gasteiger partial charge >= 0.3 is 6.36 Å². The zero-order valence-electron chi connectivity index (χ0n) is 8.19. The van der Waals surface area contributed by atoms with E-state index in [0.29, 0.717) is 6.07 Å². The van der Waals surface area contributed by atoms with E-state index in [1.165, 1.54) is 0 Å². The van der Waals surface area contributed by atoms with Gasteiger partial charge in [-0.25, -0.2) is 4.98 Å². The Bertz CT molecular complexity index is 449. The van der Waals surface area contributed by atoms with Gasteiger partial charge in [0, 0.05) is 6.54 Å². The lowest BCUT2D eigenvalue weighted by Crippen LogP contribution is -2.19. The van der Waals surface area contributed by atoms with Crippen molar-refractivity contribution in [2.24, 2.45) is 5.73 Å². The smallest absolute Gasteiger partial charge is 0.392 e. The number of hydrogen-bond donors (Lipinski definition) is 2. The van der Waals surface area contributed by atoms with E-state index in [4.69, 9.17) is 11.5 Å². The van der Waals surface area contributed by atoms with E-state index in [-0.39, 0.29) is 17.9 Å². The minimum Gasteiger partial charge on any atom is -0.392 e. The van der Waals surface area contributed by atoms with Gasteiger partial charge < -0.3 is 16.2 Å². The zero-order chi connectivity index (χ0) is 13.2. The Morgan fingerprint density at radius 3 is 2.53 bits per heavy atom. The lowest BCUT2D eigenvalue weighted by molar-refractivity contribution is -0.384. The molecule has 0 aromatic carbocycles. The molecule has 0 unspecified atom stereocenters. The summed E-state index contributed by atoms with van der Waals surface area (Å²) in [6.07, 6.45) is -5.00. The average molecular weight is 252 g/mol. The van der Waals surface area contributed by atoms with Crippen LogP contribution in [0.1, 0.15) is 5.69 Å². The van der Waals surface area contributed by atoms with Crippen molar-refractivity contribution in [3.8, 4) is 5.88 Å². The van der Waals surface area contributed by atoms with Gasteiger partial charge in [0.15, 0.2) is 0 Å². The van der Waals surface area contributed by atoms with E-state index in [2.05, 4.69) is 9.72 Å². The van der Waals surface area contributed by atoms with Crippen LogP contribution in [-0.4, -0.2) is 16.3 Å². The molecule has 1 rings (SSSR count). The summed E-state index contributed by atoms with van der Waals surface area (Å²) < 4.78 is 39.2. The molecule has 0 radical (unpaired) electrons. The maximum absolute atomic E-state index is 11.9. The van der Waals surface area contributed by atoms with Gasteiger partial charge in [0.1, 0.15) is 5.69 Å². The standard InChI is InChI=1S/C7H7F3N4O3/c8-7(9,10)17-5-1-4(14(15)16)6(12)3(2-11)13-5/h1H,2,11-12H2. The zero-order valence-corrected chi connectivity index (χ0v) is 8.19. The molecule has 1 aromatic heterocycles. The van der Waals surface area contributed by atoms with Gasteiger partial charge in [-0.3, -0.25) is 10.1 Å². The number of aromatic nitrogens is 1. The number of ether oxygens (including phenoxy) is 1. The van der Waals surface area contributed by atoms with Crippen molar-refractivity contribution in [3.05, 3.63) is 21.9 Å². The third-order valence-electron chi connectivity index (χ3n) is 1.70. The van der Waals surface area contributed by atoms with Crippen LogP contribution in [0.4, 0.5) is 24.5 Å². The van der Waals surface area contributed by atoms with E-state index in [1.54, 1.807) is 0 Å². The van der Waals surface area contributed by atoms with E-state index >= 15 is 0 Å². The molecule has 0 atom stereocenters. The number of nitrogens with zero attached hydrogens (tertiary/aromatic N) is 2. The second-order valence-electron chi connectivity index (χ2n) is 2.85. The number of alkyl halides is 3. The van der Waals surface area contributed by atoms with Crippen LogP contribution in [0.3, 0.4) is 0 Å². The molecular formula is C7H7F3N4O3. The average Bonchev–Trinajstić information content (AvgIpc) is 2.17. The maximum Gasteiger partial charge on any atom is 0.574 e. The number of rotatable bonds is 3. The van der Waals surface area contributed by atoms with Crippen LogP contribution in [0.15, 0.2) is 6.07 Å². The van der Waals surface area contributed by atoms with Crippen molar-refractivity contribution in [3.63, 3.8) is 0 Å². The van der Waals surface area contributed by atoms with Crippen LogP contribution in [0.5, 0.6) is 5.88 Å². The van der Waals surface area contributed by atoms with Gasteiger partial charge in [0.25, 0.3) is 5.69 Å². The van der Waals surface area contributed by atoms with Crippen molar-refractivity contribution in [2.75, 3.05) is 5.73 Å². The molecule has 0 aliphatic heterocycles. The number of halogens is 3. The molecule has 0 bridgehead atoms. The fourth-order valence-corrected chi connectivity index (χ4v) is 1.05. The van der Waals surface area contributed by atoms with Gasteiger partial charge in [-0.15, -0.1) is 13.2 Å². The fraction of sp³-hybridized carbons (Fsp3) is 0.286. The molecule has 7 nitrogen and oxygen atoms in total. The van der Waals surface area contributed by atoms with Gasteiger partial charge in [0.2, 0.25) is 5.88 Å². The molecule has 1 aromatic rings. The Balaban J connectivity index is 3.25. The van der Waals surface area contributed by atoms with Crippen LogP contribution in [-0.2, 0) is 6.54 Å². The van der Waals surface area contributed by atoms with Crippen LogP contribution in [0, 0.1) is 10.1 Å². The quantitative estimate of drug-likeness (QED) is 0.610. The maximum atomic E-state index is 11.9. The first-order valence-electron chi connectivity index (χ1n) is 4.14. The van der Waals surface area contributed by atoms with Crippen molar-refractivity contribution in [1.82, 2.24) is 4.98 Å². The third-order valence-corrected chi connectivity index (χ3v) is 1.70. The molecule has 0 saturated heterocycles. The van der Waals surface area contributed by atoms with Gasteiger partial charge in [-0.2, -0.15) is 0 Å². The van der Waals surface area contributed by atoms with Crippen LogP contribution in [0.25, 0.3) is 0 Å². The third kappa shape index (κ3) is 3.17. The lowest BCUT2D eigenvalue weighted by atomic mass is 10.2.